The normalized spacial score (nSPS) is 11.1. The first kappa shape index (κ1) is 21.3. The fourth-order valence-electron chi connectivity index (χ4n) is 2.83. The van der Waals surface area contributed by atoms with Gasteiger partial charge in [0.2, 0.25) is 5.91 Å². The Balaban J connectivity index is 1.92. The van der Waals surface area contributed by atoms with E-state index in [1.807, 2.05) is 32.0 Å². The van der Waals surface area contributed by atoms with E-state index < -0.39 is 15.9 Å². The summed E-state index contributed by atoms with van der Waals surface area (Å²) in [5.41, 5.74) is 2.97. The molecule has 1 N–H and O–H groups in total. The number of benzene rings is 3. The van der Waals surface area contributed by atoms with Gasteiger partial charge in [-0.15, -0.1) is 0 Å². The van der Waals surface area contributed by atoms with Crippen LogP contribution in [-0.4, -0.2) is 20.9 Å². The number of halogens is 1. The van der Waals surface area contributed by atoms with E-state index in [0.717, 1.165) is 19.0 Å². The zero-order valence-corrected chi connectivity index (χ0v) is 19.1. The molecule has 1 amide bonds. The third kappa shape index (κ3) is 5.16. The van der Waals surface area contributed by atoms with Gasteiger partial charge in [-0.2, -0.15) is 0 Å². The number of aryl methyl sites for hydroxylation is 2. The molecule has 0 saturated heterocycles. The Morgan fingerprint density at radius 1 is 0.966 bits per heavy atom. The number of carbonyl (C=O) groups excluding carboxylic acids is 1. The molecule has 0 aliphatic carbocycles. The van der Waals surface area contributed by atoms with E-state index in [1.54, 1.807) is 54.6 Å². The molecule has 0 fully saturated rings. The molecule has 0 aromatic heterocycles. The minimum atomic E-state index is -3.90. The van der Waals surface area contributed by atoms with E-state index in [1.165, 1.54) is 0 Å². The van der Waals surface area contributed by atoms with Gasteiger partial charge in [-0.1, -0.05) is 35.9 Å². The first-order valence-electron chi connectivity index (χ1n) is 8.98. The number of hydrogen-bond donors (Lipinski definition) is 1. The van der Waals surface area contributed by atoms with Crippen molar-refractivity contribution in [3.05, 3.63) is 87.5 Å². The third-order valence-electron chi connectivity index (χ3n) is 4.40. The monoisotopic (exact) mass is 520 g/mol. The largest absolute Gasteiger partial charge is 0.324 e. The van der Waals surface area contributed by atoms with Crippen LogP contribution in [0.5, 0.6) is 0 Å². The van der Waals surface area contributed by atoms with Crippen molar-refractivity contribution in [1.82, 2.24) is 0 Å². The van der Waals surface area contributed by atoms with E-state index in [0.29, 0.717) is 11.4 Å². The van der Waals surface area contributed by atoms with Crippen LogP contribution >= 0.6 is 22.6 Å². The Labute approximate surface area is 184 Å². The molecule has 3 aromatic carbocycles. The van der Waals surface area contributed by atoms with Crippen molar-refractivity contribution < 1.29 is 13.2 Å². The molecule has 3 rings (SSSR count). The summed E-state index contributed by atoms with van der Waals surface area (Å²) < 4.78 is 28.8. The van der Waals surface area contributed by atoms with E-state index in [9.17, 15) is 13.2 Å². The van der Waals surface area contributed by atoms with Crippen molar-refractivity contribution in [1.29, 1.82) is 0 Å². The van der Waals surface area contributed by atoms with Crippen molar-refractivity contribution in [3.8, 4) is 0 Å². The number of anilines is 2. The molecular weight excluding hydrogens is 499 g/mol. The molecule has 0 heterocycles. The van der Waals surface area contributed by atoms with Gasteiger partial charge in [0.05, 0.1) is 10.6 Å². The molecule has 5 nitrogen and oxygen atoms in total. The summed E-state index contributed by atoms with van der Waals surface area (Å²) in [6.07, 6.45) is 0. The van der Waals surface area contributed by atoms with Crippen LogP contribution in [0, 0.1) is 17.4 Å². The Hall–Kier alpha value is -2.39. The van der Waals surface area contributed by atoms with Crippen LogP contribution in [0.25, 0.3) is 0 Å². The summed E-state index contributed by atoms with van der Waals surface area (Å²) in [4.78, 5) is 12.9. The fourth-order valence-corrected chi connectivity index (χ4v) is 4.90. The molecule has 3 aromatic rings. The topological polar surface area (TPSA) is 66.5 Å². The summed E-state index contributed by atoms with van der Waals surface area (Å²) in [5, 5.41) is 2.82. The van der Waals surface area contributed by atoms with Crippen LogP contribution in [0.2, 0.25) is 0 Å². The summed E-state index contributed by atoms with van der Waals surface area (Å²) in [6, 6.07) is 20.9. The number of carbonyl (C=O) groups is 1. The van der Waals surface area contributed by atoms with Crippen LogP contribution in [0.3, 0.4) is 0 Å². The predicted molar refractivity (Wildman–Crippen MR) is 125 cm³/mol. The zero-order chi connectivity index (χ0) is 21.0. The van der Waals surface area contributed by atoms with Gasteiger partial charge in [-0.3, -0.25) is 9.10 Å². The summed E-state index contributed by atoms with van der Waals surface area (Å²) >= 11 is 2.20. The second-order valence-corrected chi connectivity index (χ2v) is 9.78. The lowest BCUT2D eigenvalue weighted by molar-refractivity contribution is -0.114. The Morgan fingerprint density at radius 3 is 2.24 bits per heavy atom. The lowest BCUT2D eigenvalue weighted by atomic mass is 10.2. The predicted octanol–water partition coefficient (Wildman–Crippen LogP) is 4.74. The Kier molecular flexibility index (Phi) is 6.59. The maximum atomic E-state index is 13.3. The van der Waals surface area contributed by atoms with Crippen LogP contribution in [0.4, 0.5) is 11.4 Å². The van der Waals surface area contributed by atoms with Gasteiger partial charge < -0.3 is 5.32 Å². The molecule has 0 aliphatic rings. The number of nitrogens with one attached hydrogen (secondary N) is 1. The molecule has 0 radical (unpaired) electrons. The van der Waals surface area contributed by atoms with Crippen molar-refractivity contribution in [2.75, 3.05) is 16.2 Å². The lowest BCUT2D eigenvalue weighted by Gasteiger charge is -2.24. The number of rotatable bonds is 6. The highest BCUT2D eigenvalue weighted by Crippen LogP contribution is 2.24. The Bertz CT molecular complexity index is 1110. The first-order chi connectivity index (χ1) is 13.8. The maximum absolute atomic E-state index is 13.3. The average Bonchev–Trinajstić information content (AvgIpc) is 2.69. The molecule has 0 atom stereocenters. The van der Waals surface area contributed by atoms with E-state index in [4.69, 9.17) is 0 Å². The smallest absolute Gasteiger partial charge is 0.264 e. The van der Waals surface area contributed by atoms with Gasteiger partial charge in [0.25, 0.3) is 10.0 Å². The van der Waals surface area contributed by atoms with Crippen LogP contribution in [-0.2, 0) is 14.8 Å². The van der Waals surface area contributed by atoms with Crippen molar-refractivity contribution in [2.45, 2.75) is 18.7 Å². The molecule has 0 spiro atoms. The maximum Gasteiger partial charge on any atom is 0.264 e. The number of amides is 1. The second-order valence-electron chi connectivity index (χ2n) is 6.67. The van der Waals surface area contributed by atoms with Crippen LogP contribution < -0.4 is 9.62 Å². The van der Waals surface area contributed by atoms with Crippen molar-refractivity contribution in [2.24, 2.45) is 0 Å². The standard InChI is InChI=1S/C22H21IN2O3S/c1-16-8-11-20(12-9-16)29(27,28)25(19-6-4-3-5-7-19)15-22(26)24-21-13-10-18(23)14-17(21)2/h3-14H,15H2,1-2H3,(H,24,26). The third-order valence-corrected chi connectivity index (χ3v) is 6.86. The number of hydrogen-bond acceptors (Lipinski definition) is 3. The molecule has 0 aliphatic heterocycles. The van der Waals surface area contributed by atoms with E-state index in [2.05, 4.69) is 27.9 Å². The van der Waals surface area contributed by atoms with Crippen LogP contribution in [0.1, 0.15) is 11.1 Å². The van der Waals surface area contributed by atoms with Gasteiger partial charge in [0, 0.05) is 9.26 Å². The second kappa shape index (κ2) is 8.96. The van der Waals surface area contributed by atoms with Crippen molar-refractivity contribution in [3.63, 3.8) is 0 Å². The van der Waals surface area contributed by atoms with Gasteiger partial charge in [-0.05, 0) is 84.5 Å². The Morgan fingerprint density at radius 2 is 1.62 bits per heavy atom. The fraction of sp³-hybridized carbons (Fsp3) is 0.136. The molecule has 0 bridgehead atoms. The molecular formula is C22H21IN2O3S. The number of nitrogens with zero attached hydrogens (tertiary/aromatic N) is 1. The highest BCUT2D eigenvalue weighted by molar-refractivity contribution is 14.1. The summed E-state index contributed by atoms with van der Waals surface area (Å²) in [5.74, 6) is -0.408. The van der Waals surface area contributed by atoms with E-state index >= 15 is 0 Å². The molecule has 0 saturated carbocycles. The summed E-state index contributed by atoms with van der Waals surface area (Å²) in [7, 11) is -3.90. The van der Waals surface area contributed by atoms with Crippen LogP contribution in [0.15, 0.2) is 77.7 Å². The average molecular weight is 520 g/mol. The van der Waals surface area contributed by atoms with Gasteiger partial charge in [0.15, 0.2) is 0 Å². The zero-order valence-electron chi connectivity index (χ0n) is 16.1. The molecule has 150 valence electrons. The highest BCUT2D eigenvalue weighted by Gasteiger charge is 2.27. The minimum absolute atomic E-state index is 0.144. The quantitative estimate of drug-likeness (QED) is 0.478. The number of sulfonamides is 1. The molecule has 29 heavy (non-hydrogen) atoms. The SMILES string of the molecule is Cc1ccc(S(=O)(=O)N(CC(=O)Nc2ccc(I)cc2C)c2ccccc2)cc1. The van der Waals surface area contributed by atoms with E-state index in [-0.39, 0.29) is 11.4 Å². The minimum Gasteiger partial charge on any atom is -0.324 e. The number of para-hydroxylation sites is 1. The first-order valence-corrected chi connectivity index (χ1v) is 11.5. The summed E-state index contributed by atoms with van der Waals surface area (Å²) in [6.45, 7) is 3.46. The van der Waals surface area contributed by atoms with Gasteiger partial charge in [-0.25, -0.2) is 8.42 Å². The van der Waals surface area contributed by atoms with Gasteiger partial charge >= 0.3 is 0 Å². The lowest BCUT2D eigenvalue weighted by Crippen LogP contribution is -2.38. The van der Waals surface area contributed by atoms with Crippen molar-refractivity contribution >= 4 is 49.9 Å². The molecule has 0 unspecified atom stereocenters. The van der Waals surface area contributed by atoms with Gasteiger partial charge in [0.1, 0.15) is 6.54 Å². The molecule has 7 heteroatoms. The highest BCUT2D eigenvalue weighted by atomic mass is 127.